The van der Waals surface area contributed by atoms with Crippen molar-refractivity contribution in [3.05, 3.63) is 155 Å². The lowest BCUT2D eigenvalue weighted by molar-refractivity contribution is -0.268. The van der Waals surface area contributed by atoms with Gasteiger partial charge in [0.2, 0.25) is 0 Å². The number of aliphatic hydroxyl groups excluding tert-OH is 1. The molecule has 1 aliphatic rings. The van der Waals surface area contributed by atoms with Gasteiger partial charge in [-0.1, -0.05) is 122 Å². The molecule has 0 radical (unpaired) electrons. The fraction of sp³-hybridized carbons (Fsp3) is 0.220. The van der Waals surface area contributed by atoms with Gasteiger partial charge in [0.25, 0.3) is 0 Å². The Labute approximate surface area is 300 Å². The fourth-order valence-corrected chi connectivity index (χ4v) is 8.38. The normalized spacial score (nSPS) is 18.9. The van der Waals surface area contributed by atoms with Crippen molar-refractivity contribution in [1.29, 1.82) is 0 Å². The Kier molecular flexibility index (Phi) is 10.9. The topological polar surface area (TPSA) is 92.7 Å². The summed E-state index contributed by atoms with van der Waals surface area (Å²) < 4.78 is 15.7. The van der Waals surface area contributed by atoms with E-state index in [2.05, 4.69) is 60.0 Å². The number of hydrogen-bond donors (Lipinski definition) is 3. The smallest absolute Gasteiger partial charge is 0.315 e. The first-order valence-electron chi connectivity index (χ1n) is 16.8. The first-order valence-corrected chi connectivity index (χ1v) is 18.6. The summed E-state index contributed by atoms with van der Waals surface area (Å²) in [6.45, 7) is 3.06. The van der Waals surface area contributed by atoms with Gasteiger partial charge in [0, 0.05) is 30.3 Å². The van der Waals surface area contributed by atoms with Gasteiger partial charge < -0.3 is 25.2 Å². The van der Waals surface area contributed by atoms with E-state index in [1.807, 2.05) is 84.9 Å². The molecule has 3 N–H and O–H groups in total. The number of thiazole rings is 1. The van der Waals surface area contributed by atoms with E-state index in [4.69, 9.17) is 14.5 Å². The van der Waals surface area contributed by atoms with Crippen LogP contribution in [0.4, 0.5) is 4.79 Å². The summed E-state index contributed by atoms with van der Waals surface area (Å²) in [6.07, 6.45) is -0.874. The molecule has 1 fully saturated rings. The number of hydrogen-bond acceptors (Lipinski definition) is 7. The number of carbonyl (C=O) groups is 1. The molecule has 0 bridgehead atoms. The highest BCUT2D eigenvalue weighted by Gasteiger charge is 2.38. The van der Waals surface area contributed by atoms with E-state index in [0.29, 0.717) is 13.1 Å². The minimum absolute atomic E-state index is 0.0000358. The second-order valence-electron chi connectivity index (χ2n) is 12.4. The van der Waals surface area contributed by atoms with E-state index in [9.17, 15) is 9.90 Å². The summed E-state index contributed by atoms with van der Waals surface area (Å²) in [5.41, 5.74) is 8.00. The Morgan fingerprint density at radius 3 is 2.24 bits per heavy atom. The molecule has 0 unspecified atom stereocenters. The van der Waals surface area contributed by atoms with E-state index in [-0.39, 0.29) is 30.8 Å². The molecule has 254 valence electrons. The predicted molar refractivity (Wildman–Crippen MR) is 201 cm³/mol. The first-order chi connectivity index (χ1) is 24.5. The van der Waals surface area contributed by atoms with E-state index >= 15 is 0 Å². The minimum Gasteiger partial charge on any atom is -0.392 e. The van der Waals surface area contributed by atoms with Crippen LogP contribution in [0, 0.1) is 5.92 Å². The molecule has 6 aromatic rings. The van der Waals surface area contributed by atoms with E-state index in [0.717, 1.165) is 54.6 Å². The molecule has 7 rings (SSSR count). The van der Waals surface area contributed by atoms with Crippen molar-refractivity contribution in [3.8, 4) is 11.1 Å². The molecule has 0 spiro atoms. The number of ether oxygens (including phenoxy) is 2. The molecule has 2 heterocycles. The van der Waals surface area contributed by atoms with Crippen LogP contribution in [0.25, 0.3) is 21.3 Å². The van der Waals surface area contributed by atoms with Crippen LogP contribution in [0.5, 0.6) is 0 Å². The van der Waals surface area contributed by atoms with Gasteiger partial charge in [0.05, 0.1) is 29.0 Å². The van der Waals surface area contributed by atoms with Gasteiger partial charge >= 0.3 is 6.03 Å². The maximum Gasteiger partial charge on any atom is 0.315 e. The van der Waals surface area contributed by atoms with Crippen LogP contribution in [0.3, 0.4) is 0 Å². The number of benzene rings is 5. The number of thioether (sulfide) groups is 1. The predicted octanol–water partition coefficient (Wildman–Crippen LogP) is 9.04. The van der Waals surface area contributed by atoms with Crippen LogP contribution >= 0.6 is 23.1 Å². The summed E-state index contributed by atoms with van der Waals surface area (Å²) >= 11 is 3.43. The summed E-state index contributed by atoms with van der Waals surface area (Å²) in [7, 11) is 0. The van der Waals surface area contributed by atoms with Crippen molar-refractivity contribution in [1.82, 2.24) is 15.6 Å². The number of aromatic nitrogens is 1. The van der Waals surface area contributed by atoms with Crippen molar-refractivity contribution in [2.75, 3.05) is 5.75 Å². The Bertz CT molecular complexity index is 2000. The Morgan fingerprint density at radius 2 is 1.46 bits per heavy atom. The summed E-state index contributed by atoms with van der Waals surface area (Å²) in [4.78, 5) is 17.3. The fourth-order valence-electron chi connectivity index (χ4n) is 6.12. The standard InChI is InChI=1S/C41H39N3O4S2/c1-27-36(26-49-41-44-35-15-5-6-16-37(35)50-41)47-39(48-38(27)31-19-17-29(25-45)18-20-31)34-14-8-13-33(22-34)32-12-7-11-30(21-32)24-43-40(46)42-23-28-9-3-2-4-10-28/h2-22,27,36,38-39,45H,23-26H2,1H3,(H2,42,43,46)/t27-,36+,38+,39+/m0/s1. The van der Waals surface area contributed by atoms with Gasteiger partial charge in [0.15, 0.2) is 10.6 Å². The number of aliphatic hydroxyl groups is 1. The molecule has 2 amide bonds. The monoisotopic (exact) mass is 701 g/mol. The quantitative estimate of drug-likeness (QED) is 0.117. The highest BCUT2D eigenvalue weighted by Crippen LogP contribution is 2.44. The Hall–Kier alpha value is -4.51. The molecule has 7 nitrogen and oxygen atoms in total. The number of para-hydroxylation sites is 1. The molecular weight excluding hydrogens is 663 g/mol. The third kappa shape index (κ3) is 8.26. The maximum absolute atomic E-state index is 12.5. The van der Waals surface area contributed by atoms with Crippen LogP contribution in [0.15, 0.2) is 132 Å². The third-order valence-electron chi connectivity index (χ3n) is 8.94. The summed E-state index contributed by atoms with van der Waals surface area (Å²) in [5.74, 6) is 0.810. The molecule has 50 heavy (non-hydrogen) atoms. The van der Waals surface area contributed by atoms with Crippen LogP contribution in [-0.2, 0) is 29.2 Å². The van der Waals surface area contributed by atoms with Crippen molar-refractivity contribution in [2.45, 2.75) is 49.5 Å². The van der Waals surface area contributed by atoms with Gasteiger partial charge in [0.1, 0.15) is 0 Å². The van der Waals surface area contributed by atoms with Crippen LogP contribution in [-0.4, -0.2) is 28.0 Å². The lowest BCUT2D eigenvalue weighted by Gasteiger charge is -2.41. The van der Waals surface area contributed by atoms with Crippen LogP contribution < -0.4 is 10.6 Å². The van der Waals surface area contributed by atoms with Gasteiger partial charge in [-0.3, -0.25) is 0 Å². The Morgan fingerprint density at radius 1 is 0.760 bits per heavy atom. The number of carbonyl (C=O) groups excluding carboxylic acids is 1. The average molecular weight is 702 g/mol. The SMILES string of the molecule is C[C@H]1[C@@H](CSc2nc3ccccc3s2)O[C@@H](c2cccc(-c3cccc(CNC(=O)NCc4ccccc4)c3)c2)O[C@H]1c1ccc(CO)cc1. The van der Waals surface area contributed by atoms with Crippen molar-refractivity contribution < 1.29 is 19.4 Å². The van der Waals surface area contributed by atoms with Crippen LogP contribution in [0.1, 0.15) is 47.1 Å². The second-order valence-corrected chi connectivity index (χ2v) is 14.7. The zero-order chi connectivity index (χ0) is 34.3. The van der Waals surface area contributed by atoms with Gasteiger partial charge in [-0.05, 0) is 57.6 Å². The largest absolute Gasteiger partial charge is 0.392 e. The molecule has 0 saturated carbocycles. The minimum atomic E-state index is -0.576. The molecule has 4 atom stereocenters. The molecular formula is C41H39N3O4S2. The zero-order valence-corrected chi connectivity index (χ0v) is 29.3. The van der Waals surface area contributed by atoms with E-state index in [1.165, 1.54) is 4.70 Å². The first kappa shape index (κ1) is 34.0. The second kappa shape index (κ2) is 16.0. The lowest BCUT2D eigenvalue weighted by Crippen LogP contribution is -2.38. The zero-order valence-electron chi connectivity index (χ0n) is 27.7. The highest BCUT2D eigenvalue weighted by molar-refractivity contribution is 8.01. The highest BCUT2D eigenvalue weighted by atomic mass is 32.2. The number of nitrogens with one attached hydrogen (secondary N) is 2. The number of amides is 2. The summed E-state index contributed by atoms with van der Waals surface area (Å²) in [6, 6.07) is 42.4. The van der Waals surface area contributed by atoms with Crippen molar-refractivity contribution in [3.63, 3.8) is 0 Å². The van der Waals surface area contributed by atoms with Gasteiger partial charge in [-0.15, -0.1) is 11.3 Å². The van der Waals surface area contributed by atoms with Crippen LogP contribution in [0.2, 0.25) is 0 Å². The van der Waals surface area contributed by atoms with Gasteiger partial charge in [-0.2, -0.15) is 0 Å². The van der Waals surface area contributed by atoms with E-state index in [1.54, 1.807) is 23.1 Å². The Balaban J connectivity index is 1.07. The molecule has 1 aliphatic heterocycles. The molecule has 1 saturated heterocycles. The van der Waals surface area contributed by atoms with Crippen molar-refractivity contribution in [2.24, 2.45) is 5.92 Å². The number of fused-ring (bicyclic) bond motifs is 1. The summed E-state index contributed by atoms with van der Waals surface area (Å²) in [5, 5.41) is 15.5. The van der Waals surface area contributed by atoms with Gasteiger partial charge in [-0.25, -0.2) is 9.78 Å². The lowest BCUT2D eigenvalue weighted by atomic mass is 9.91. The number of nitrogens with zero attached hydrogens (tertiary/aromatic N) is 1. The third-order valence-corrected chi connectivity index (χ3v) is 11.2. The molecule has 5 aromatic carbocycles. The molecule has 9 heteroatoms. The number of rotatable bonds is 11. The maximum atomic E-state index is 12.5. The van der Waals surface area contributed by atoms with Crippen molar-refractivity contribution >= 4 is 39.3 Å². The van der Waals surface area contributed by atoms with E-state index < -0.39 is 6.29 Å². The molecule has 0 aliphatic carbocycles. The number of urea groups is 1. The average Bonchev–Trinajstić information content (AvgIpc) is 3.60. The molecule has 1 aromatic heterocycles.